The van der Waals surface area contributed by atoms with Gasteiger partial charge in [-0.1, -0.05) is 0 Å². The summed E-state index contributed by atoms with van der Waals surface area (Å²) >= 11 is 0.534. The maximum absolute atomic E-state index is 9.73. The molecule has 0 rings (SSSR count). The fourth-order valence-corrected chi connectivity index (χ4v) is 3.62. The normalized spacial score (nSPS) is 15.1. The molecule has 2 nitrogen and oxygen atoms in total. The van der Waals surface area contributed by atoms with Gasteiger partial charge >= 0.3 is 93.6 Å². The Morgan fingerprint density at radius 3 is 2.50 bits per heavy atom. The summed E-state index contributed by atoms with van der Waals surface area (Å²) in [6.07, 6.45) is 2.05. The third kappa shape index (κ3) is 5.65. The molecule has 0 fully saturated rings. The molecule has 0 aromatic heterocycles. The summed E-state index contributed by atoms with van der Waals surface area (Å²) in [5.41, 5.74) is 0. The third-order valence-electron chi connectivity index (χ3n) is 2.20. The molecule has 82 valence electrons. The molecule has 0 aromatic carbocycles. The van der Waals surface area contributed by atoms with E-state index in [1.54, 1.807) is 0 Å². The van der Waals surface area contributed by atoms with Gasteiger partial charge in [0, 0.05) is 0 Å². The van der Waals surface area contributed by atoms with Crippen LogP contribution in [0.5, 0.6) is 0 Å². The Morgan fingerprint density at radius 1 is 1.43 bits per heavy atom. The number of unbranched alkanes of at least 4 members (excludes halogenated alkanes) is 1. The van der Waals surface area contributed by atoms with Crippen LogP contribution in [0.25, 0.3) is 0 Å². The number of rotatable bonds is 7. The number of nitrogens with zero attached hydrogens (tertiary/aromatic N) is 1. The first kappa shape index (κ1) is 14.0. The summed E-state index contributed by atoms with van der Waals surface area (Å²) < 4.78 is 0. The molecule has 3 heteroatoms. The average molecular weight is 262 g/mol. The van der Waals surface area contributed by atoms with Crippen LogP contribution in [0.4, 0.5) is 0 Å². The number of hydrogen-bond acceptors (Lipinski definition) is 2. The van der Waals surface area contributed by atoms with Gasteiger partial charge in [-0.15, -0.1) is 0 Å². The topological polar surface area (TPSA) is 44.0 Å². The van der Waals surface area contributed by atoms with Gasteiger partial charge in [0.25, 0.3) is 0 Å². The molecule has 0 heterocycles. The van der Waals surface area contributed by atoms with E-state index in [0.717, 1.165) is 5.32 Å². The SMILES string of the molecule is CCCC[Se]CC(C#N)C(O)C(C)C. The second kappa shape index (κ2) is 8.29. The summed E-state index contributed by atoms with van der Waals surface area (Å²) in [7, 11) is 0. The number of aliphatic hydroxyl groups is 1. The molecule has 0 aliphatic carbocycles. The van der Waals surface area contributed by atoms with Crippen molar-refractivity contribution >= 4 is 15.0 Å². The van der Waals surface area contributed by atoms with Gasteiger partial charge in [0.05, 0.1) is 0 Å². The van der Waals surface area contributed by atoms with Gasteiger partial charge in [0.2, 0.25) is 0 Å². The van der Waals surface area contributed by atoms with Crippen molar-refractivity contribution in [3.63, 3.8) is 0 Å². The van der Waals surface area contributed by atoms with Crippen LogP contribution in [-0.2, 0) is 0 Å². The van der Waals surface area contributed by atoms with E-state index in [1.807, 2.05) is 13.8 Å². The molecule has 0 saturated heterocycles. The van der Waals surface area contributed by atoms with E-state index in [2.05, 4.69) is 13.0 Å². The predicted octanol–water partition coefficient (Wildman–Crippen LogP) is 2.48. The first-order valence-electron chi connectivity index (χ1n) is 5.28. The molecule has 14 heavy (non-hydrogen) atoms. The summed E-state index contributed by atoms with van der Waals surface area (Å²) in [4.78, 5) is 0. The van der Waals surface area contributed by atoms with Crippen molar-refractivity contribution in [2.45, 2.75) is 50.4 Å². The Hall–Kier alpha value is -0.0305. The van der Waals surface area contributed by atoms with Crippen LogP contribution in [0.3, 0.4) is 0 Å². The number of nitriles is 1. The van der Waals surface area contributed by atoms with Crippen molar-refractivity contribution in [3.05, 3.63) is 0 Å². The van der Waals surface area contributed by atoms with Gasteiger partial charge < -0.3 is 0 Å². The molecule has 2 atom stereocenters. The first-order chi connectivity index (χ1) is 6.63. The molecule has 0 bridgehead atoms. The van der Waals surface area contributed by atoms with Crippen LogP contribution in [-0.4, -0.2) is 26.2 Å². The van der Waals surface area contributed by atoms with Crippen molar-refractivity contribution in [3.8, 4) is 6.07 Å². The molecule has 0 radical (unpaired) electrons. The second-order valence-electron chi connectivity index (χ2n) is 3.90. The Bertz CT molecular complexity index is 177. The molecule has 1 N–H and O–H groups in total. The molecule has 0 spiro atoms. The predicted molar refractivity (Wildman–Crippen MR) is 60.2 cm³/mol. The van der Waals surface area contributed by atoms with E-state index in [-0.39, 0.29) is 11.8 Å². The molecule has 0 saturated carbocycles. The summed E-state index contributed by atoms with van der Waals surface area (Å²) in [5, 5.41) is 20.8. The van der Waals surface area contributed by atoms with E-state index < -0.39 is 6.10 Å². The van der Waals surface area contributed by atoms with Gasteiger partial charge in [-0.25, -0.2) is 0 Å². The Labute approximate surface area is 93.9 Å². The van der Waals surface area contributed by atoms with Crippen molar-refractivity contribution in [1.82, 2.24) is 0 Å². The van der Waals surface area contributed by atoms with Crippen molar-refractivity contribution in [2.24, 2.45) is 11.8 Å². The summed E-state index contributed by atoms with van der Waals surface area (Å²) in [6, 6.07) is 2.23. The van der Waals surface area contributed by atoms with Crippen LogP contribution >= 0.6 is 0 Å². The molecule has 0 amide bonds. The van der Waals surface area contributed by atoms with Crippen molar-refractivity contribution in [1.29, 1.82) is 5.26 Å². The Kier molecular flexibility index (Phi) is 8.27. The molecule has 0 aliphatic heterocycles. The van der Waals surface area contributed by atoms with Gasteiger partial charge in [0.1, 0.15) is 0 Å². The number of aliphatic hydroxyl groups excluding tert-OH is 1. The molecule has 0 aliphatic rings. The van der Waals surface area contributed by atoms with Crippen LogP contribution < -0.4 is 0 Å². The third-order valence-corrected chi connectivity index (χ3v) is 4.66. The van der Waals surface area contributed by atoms with Gasteiger partial charge in [-0.05, 0) is 0 Å². The molecular weight excluding hydrogens is 241 g/mol. The van der Waals surface area contributed by atoms with E-state index in [4.69, 9.17) is 5.26 Å². The van der Waals surface area contributed by atoms with E-state index in [1.165, 1.54) is 18.2 Å². The van der Waals surface area contributed by atoms with E-state index in [9.17, 15) is 5.11 Å². The van der Waals surface area contributed by atoms with Crippen molar-refractivity contribution < 1.29 is 5.11 Å². The monoisotopic (exact) mass is 263 g/mol. The van der Waals surface area contributed by atoms with Gasteiger partial charge in [-0.3, -0.25) is 0 Å². The van der Waals surface area contributed by atoms with Crippen LogP contribution in [0, 0.1) is 23.2 Å². The number of hydrogen-bond donors (Lipinski definition) is 1. The van der Waals surface area contributed by atoms with Crippen LogP contribution in [0.15, 0.2) is 0 Å². The van der Waals surface area contributed by atoms with Crippen LogP contribution in [0.2, 0.25) is 10.6 Å². The summed E-state index contributed by atoms with van der Waals surface area (Å²) in [6.45, 7) is 6.11. The fourth-order valence-electron chi connectivity index (χ4n) is 1.13. The molecular formula is C11H21NOSe. The standard InChI is InChI=1S/C11H21NOSe/c1-4-5-6-14-8-10(7-12)11(13)9(2)3/h9-11,13H,4-6,8H2,1-3H3. The van der Waals surface area contributed by atoms with Crippen LogP contribution in [0.1, 0.15) is 33.6 Å². The zero-order chi connectivity index (χ0) is 11.0. The molecule has 0 aromatic rings. The fraction of sp³-hybridized carbons (Fsp3) is 0.909. The zero-order valence-electron chi connectivity index (χ0n) is 9.36. The van der Waals surface area contributed by atoms with Crippen molar-refractivity contribution in [2.75, 3.05) is 0 Å². The second-order valence-corrected chi connectivity index (χ2v) is 6.31. The quantitative estimate of drug-likeness (QED) is 0.566. The average Bonchev–Trinajstić information content (AvgIpc) is 2.17. The maximum atomic E-state index is 9.73. The van der Waals surface area contributed by atoms with Gasteiger partial charge in [-0.2, -0.15) is 0 Å². The van der Waals surface area contributed by atoms with Gasteiger partial charge in [0.15, 0.2) is 0 Å². The first-order valence-corrected chi connectivity index (χ1v) is 7.71. The van der Waals surface area contributed by atoms with E-state index in [0.29, 0.717) is 15.0 Å². The summed E-state index contributed by atoms with van der Waals surface area (Å²) in [5.74, 6) is 0.0495. The minimum atomic E-state index is -0.441. The minimum absolute atomic E-state index is 0.146. The Morgan fingerprint density at radius 2 is 2.07 bits per heavy atom. The zero-order valence-corrected chi connectivity index (χ0v) is 11.1. The Balaban J connectivity index is 3.75. The van der Waals surface area contributed by atoms with E-state index >= 15 is 0 Å². The molecule has 2 unspecified atom stereocenters.